The monoisotopic (exact) mass is 342 g/mol. The quantitative estimate of drug-likeness (QED) is 0.858. The van der Waals surface area contributed by atoms with E-state index < -0.39 is 10.0 Å². The first-order chi connectivity index (χ1) is 10.9. The highest BCUT2D eigenvalue weighted by Crippen LogP contribution is 2.28. The van der Waals surface area contributed by atoms with Gasteiger partial charge in [0.1, 0.15) is 10.6 Å². The number of morpholine rings is 1. The van der Waals surface area contributed by atoms with E-state index in [1.165, 1.54) is 23.5 Å². The first kappa shape index (κ1) is 17.7. The van der Waals surface area contributed by atoms with E-state index in [9.17, 15) is 13.2 Å². The van der Waals surface area contributed by atoms with Crippen LogP contribution in [0.3, 0.4) is 0 Å². The van der Waals surface area contributed by atoms with Gasteiger partial charge < -0.3 is 14.8 Å². The molecule has 0 saturated carbocycles. The van der Waals surface area contributed by atoms with Crippen LogP contribution in [-0.4, -0.2) is 58.1 Å². The molecule has 1 fully saturated rings. The fraction of sp³-hybridized carbons (Fsp3) is 0.533. The Morgan fingerprint density at radius 3 is 2.52 bits per heavy atom. The van der Waals surface area contributed by atoms with E-state index in [1.807, 2.05) is 13.8 Å². The number of benzene rings is 1. The Kier molecular flexibility index (Phi) is 5.61. The summed E-state index contributed by atoms with van der Waals surface area (Å²) in [4.78, 5) is 12.1. The van der Waals surface area contributed by atoms with Crippen molar-refractivity contribution in [3.63, 3.8) is 0 Å². The maximum Gasteiger partial charge on any atom is 0.251 e. The van der Waals surface area contributed by atoms with Crippen LogP contribution in [0.15, 0.2) is 23.1 Å². The summed E-state index contributed by atoms with van der Waals surface area (Å²) >= 11 is 0. The number of ether oxygens (including phenoxy) is 2. The van der Waals surface area contributed by atoms with Crippen molar-refractivity contribution in [2.24, 2.45) is 0 Å². The smallest absolute Gasteiger partial charge is 0.251 e. The van der Waals surface area contributed by atoms with Crippen molar-refractivity contribution in [2.45, 2.75) is 24.8 Å². The summed E-state index contributed by atoms with van der Waals surface area (Å²) in [5.41, 5.74) is 0.284. The second kappa shape index (κ2) is 7.29. The molecule has 8 heteroatoms. The number of methoxy groups -OCH3 is 1. The Hall–Kier alpha value is -1.64. The second-order valence-corrected chi connectivity index (χ2v) is 7.42. The second-order valence-electron chi connectivity index (χ2n) is 5.51. The summed E-state index contributed by atoms with van der Waals surface area (Å²) in [5.74, 6) is -0.0985. The van der Waals surface area contributed by atoms with Gasteiger partial charge in [-0.1, -0.05) is 0 Å². The molecular weight excluding hydrogens is 320 g/mol. The third kappa shape index (κ3) is 4.01. The largest absolute Gasteiger partial charge is 0.495 e. The Labute approximate surface area is 136 Å². The highest BCUT2D eigenvalue weighted by molar-refractivity contribution is 7.89. The minimum absolute atomic E-state index is 0.00157. The molecule has 2 rings (SSSR count). The summed E-state index contributed by atoms with van der Waals surface area (Å²) in [6.07, 6.45) is 0. The predicted molar refractivity (Wildman–Crippen MR) is 85.2 cm³/mol. The molecule has 0 aliphatic carbocycles. The predicted octanol–water partition coefficient (Wildman–Crippen LogP) is 0.854. The lowest BCUT2D eigenvalue weighted by atomic mass is 10.2. The molecule has 0 bridgehead atoms. The maximum absolute atomic E-state index is 12.8. The van der Waals surface area contributed by atoms with Gasteiger partial charge in [-0.3, -0.25) is 4.79 Å². The van der Waals surface area contributed by atoms with Gasteiger partial charge in [0.15, 0.2) is 0 Å². The van der Waals surface area contributed by atoms with Gasteiger partial charge in [-0.25, -0.2) is 8.42 Å². The molecule has 0 radical (unpaired) electrons. The van der Waals surface area contributed by atoms with Gasteiger partial charge in [0.2, 0.25) is 10.0 Å². The number of nitrogens with one attached hydrogen (secondary N) is 1. The summed E-state index contributed by atoms with van der Waals surface area (Å²) in [5, 5.41) is 2.75. The molecule has 7 nitrogen and oxygen atoms in total. The van der Waals surface area contributed by atoms with Gasteiger partial charge in [0, 0.05) is 24.7 Å². The molecule has 1 heterocycles. The molecule has 0 atom stereocenters. The van der Waals surface area contributed by atoms with Crippen LogP contribution in [0.1, 0.15) is 24.2 Å². The first-order valence-corrected chi connectivity index (χ1v) is 8.87. The first-order valence-electron chi connectivity index (χ1n) is 7.43. The minimum atomic E-state index is -3.74. The zero-order valence-electron chi connectivity index (χ0n) is 13.5. The van der Waals surface area contributed by atoms with Crippen molar-refractivity contribution < 1.29 is 22.7 Å². The summed E-state index contributed by atoms with van der Waals surface area (Å²) in [6, 6.07) is 4.38. The third-order valence-corrected chi connectivity index (χ3v) is 5.35. The van der Waals surface area contributed by atoms with Crippen LogP contribution in [0.5, 0.6) is 5.75 Å². The molecule has 1 aliphatic heterocycles. The van der Waals surface area contributed by atoms with Crippen LogP contribution in [-0.2, 0) is 14.8 Å². The fourth-order valence-corrected chi connectivity index (χ4v) is 3.88. The zero-order chi connectivity index (χ0) is 17.0. The van der Waals surface area contributed by atoms with Gasteiger partial charge in [-0.15, -0.1) is 0 Å². The molecule has 1 aromatic rings. The Morgan fingerprint density at radius 1 is 1.30 bits per heavy atom. The molecule has 1 aromatic carbocycles. The van der Waals surface area contributed by atoms with Crippen LogP contribution in [0.25, 0.3) is 0 Å². The molecular formula is C15H22N2O5S. The van der Waals surface area contributed by atoms with Crippen molar-refractivity contribution >= 4 is 15.9 Å². The molecule has 1 aliphatic rings. The third-order valence-electron chi connectivity index (χ3n) is 3.43. The number of carbonyl (C=O) groups excluding carboxylic acids is 1. The number of nitrogens with zero attached hydrogens (tertiary/aromatic N) is 1. The lowest BCUT2D eigenvalue weighted by molar-refractivity contribution is 0.0729. The molecule has 0 aromatic heterocycles. The molecule has 1 N–H and O–H groups in total. The normalized spacial score (nSPS) is 16.3. The number of carbonyl (C=O) groups is 1. The summed E-state index contributed by atoms with van der Waals surface area (Å²) in [7, 11) is -2.34. The highest BCUT2D eigenvalue weighted by Gasteiger charge is 2.30. The Bertz CT molecular complexity index is 666. The van der Waals surface area contributed by atoms with Gasteiger partial charge in [0.05, 0.1) is 20.3 Å². The number of hydrogen-bond acceptors (Lipinski definition) is 5. The van der Waals surface area contributed by atoms with Crippen molar-refractivity contribution in [3.8, 4) is 5.75 Å². The summed E-state index contributed by atoms with van der Waals surface area (Å²) < 4.78 is 37.4. The maximum atomic E-state index is 12.8. The Balaban J connectivity index is 2.40. The molecule has 1 saturated heterocycles. The van der Waals surface area contributed by atoms with Crippen molar-refractivity contribution in [2.75, 3.05) is 33.4 Å². The van der Waals surface area contributed by atoms with E-state index >= 15 is 0 Å². The molecule has 128 valence electrons. The number of rotatable bonds is 5. The van der Waals surface area contributed by atoms with E-state index in [0.717, 1.165) is 0 Å². The average Bonchev–Trinajstić information content (AvgIpc) is 2.54. The lowest BCUT2D eigenvalue weighted by Crippen LogP contribution is -2.40. The van der Waals surface area contributed by atoms with Gasteiger partial charge in [-0.2, -0.15) is 4.31 Å². The lowest BCUT2D eigenvalue weighted by Gasteiger charge is -2.26. The fourth-order valence-electron chi connectivity index (χ4n) is 2.29. The highest BCUT2D eigenvalue weighted by atomic mass is 32.2. The zero-order valence-corrected chi connectivity index (χ0v) is 14.4. The van der Waals surface area contributed by atoms with Crippen LogP contribution in [0.2, 0.25) is 0 Å². The van der Waals surface area contributed by atoms with Crippen LogP contribution >= 0.6 is 0 Å². The number of sulfonamides is 1. The van der Waals surface area contributed by atoms with E-state index in [4.69, 9.17) is 9.47 Å². The minimum Gasteiger partial charge on any atom is -0.495 e. The van der Waals surface area contributed by atoms with Crippen LogP contribution in [0, 0.1) is 0 Å². The van der Waals surface area contributed by atoms with E-state index in [1.54, 1.807) is 6.07 Å². The van der Waals surface area contributed by atoms with E-state index in [2.05, 4.69) is 5.32 Å². The van der Waals surface area contributed by atoms with Crippen LogP contribution in [0.4, 0.5) is 0 Å². The molecule has 23 heavy (non-hydrogen) atoms. The van der Waals surface area contributed by atoms with E-state index in [-0.39, 0.29) is 41.2 Å². The Morgan fingerprint density at radius 2 is 1.96 bits per heavy atom. The van der Waals surface area contributed by atoms with Gasteiger partial charge >= 0.3 is 0 Å². The van der Waals surface area contributed by atoms with Crippen molar-refractivity contribution in [1.82, 2.24) is 9.62 Å². The standard InChI is InChI=1S/C15H22N2O5S/c1-11(2)16-15(18)12-4-5-13(21-3)14(10-12)23(19,20)17-6-8-22-9-7-17/h4-5,10-11H,6-9H2,1-3H3,(H,16,18). The van der Waals surface area contributed by atoms with Gasteiger partial charge in [-0.05, 0) is 32.0 Å². The number of amides is 1. The van der Waals surface area contributed by atoms with Crippen LogP contribution < -0.4 is 10.1 Å². The molecule has 1 amide bonds. The van der Waals surface area contributed by atoms with E-state index in [0.29, 0.717) is 13.2 Å². The van der Waals surface area contributed by atoms with Crippen molar-refractivity contribution in [3.05, 3.63) is 23.8 Å². The number of hydrogen-bond donors (Lipinski definition) is 1. The SMILES string of the molecule is COc1ccc(C(=O)NC(C)C)cc1S(=O)(=O)N1CCOCC1. The topological polar surface area (TPSA) is 84.9 Å². The average molecular weight is 342 g/mol. The molecule has 0 spiro atoms. The molecule has 0 unspecified atom stereocenters. The van der Waals surface area contributed by atoms with Gasteiger partial charge in [0.25, 0.3) is 5.91 Å². The summed E-state index contributed by atoms with van der Waals surface area (Å²) in [6.45, 7) is 4.96. The van der Waals surface area contributed by atoms with Crippen molar-refractivity contribution in [1.29, 1.82) is 0 Å².